The Bertz CT molecular complexity index is 523. The molecule has 0 aromatic carbocycles. The monoisotopic (exact) mass is 261 g/mol. The Labute approximate surface area is 112 Å². The molecule has 2 heterocycles. The van der Waals surface area contributed by atoms with Crippen molar-refractivity contribution in [3.05, 3.63) is 30.4 Å². The van der Waals surface area contributed by atoms with E-state index in [1.54, 1.807) is 30.5 Å². The summed E-state index contributed by atoms with van der Waals surface area (Å²) in [7, 11) is 1.80. The topological polar surface area (TPSA) is 64.9 Å². The van der Waals surface area contributed by atoms with Gasteiger partial charge in [-0.25, -0.2) is 0 Å². The molecule has 0 spiro atoms. The average Bonchev–Trinajstić information content (AvgIpc) is 2.77. The minimum Gasteiger partial charge on any atom is -0.423 e. The second-order valence-corrected chi connectivity index (χ2v) is 4.81. The molecule has 2 aromatic heterocycles. The fourth-order valence-corrected chi connectivity index (χ4v) is 1.61. The molecule has 0 radical (unpaired) electrons. The second kappa shape index (κ2) is 6.29. The molecule has 0 atom stereocenters. The SMILES string of the molecule is CC(C)CNCc1cnccc1Oc1ncn(C)n1. The molecule has 2 aromatic rings. The van der Waals surface area contributed by atoms with Crippen LogP contribution in [0.1, 0.15) is 19.4 Å². The van der Waals surface area contributed by atoms with E-state index in [4.69, 9.17) is 4.74 Å². The normalized spacial score (nSPS) is 10.9. The van der Waals surface area contributed by atoms with Gasteiger partial charge in [0.25, 0.3) is 0 Å². The molecule has 0 aliphatic rings. The molecular formula is C13H19N5O. The highest BCUT2D eigenvalue weighted by Crippen LogP contribution is 2.21. The van der Waals surface area contributed by atoms with Gasteiger partial charge in [-0.3, -0.25) is 9.67 Å². The second-order valence-electron chi connectivity index (χ2n) is 4.81. The first-order valence-electron chi connectivity index (χ1n) is 6.32. The van der Waals surface area contributed by atoms with Gasteiger partial charge in [0.2, 0.25) is 0 Å². The van der Waals surface area contributed by atoms with E-state index in [1.165, 1.54) is 0 Å². The average molecular weight is 261 g/mol. The van der Waals surface area contributed by atoms with Crippen LogP contribution in [0.3, 0.4) is 0 Å². The maximum atomic E-state index is 5.66. The molecule has 0 saturated heterocycles. The third-order valence-electron chi connectivity index (χ3n) is 2.51. The Morgan fingerprint density at radius 3 is 2.95 bits per heavy atom. The number of aromatic nitrogens is 4. The van der Waals surface area contributed by atoms with Gasteiger partial charge in [0.15, 0.2) is 0 Å². The zero-order valence-electron chi connectivity index (χ0n) is 11.5. The van der Waals surface area contributed by atoms with Crippen LogP contribution < -0.4 is 10.1 Å². The van der Waals surface area contributed by atoms with Crippen molar-refractivity contribution in [1.29, 1.82) is 0 Å². The van der Waals surface area contributed by atoms with Crippen molar-refractivity contribution in [2.75, 3.05) is 6.54 Å². The quantitative estimate of drug-likeness (QED) is 0.858. The maximum absolute atomic E-state index is 5.66. The van der Waals surface area contributed by atoms with E-state index in [0.717, 1.165) is 17.9 Å². The van der Waals surface area contributed by atoms with Gasteiger partial charge in [-0.15, -0.1) is 5.10 Å². The van der Waals surface area contributed by atoms with Crippen molar-refractivity contribution >= 4 is 0 Å². The molecule has 0 aliphatic carbocycles. The van der Waals surface area contributed by atoms with Crippen molar-refractivity contribution in [2.45, 2.75) is 20.4 Å². The van der Waals surface area contributed by atoms with Crippen LogP contribution in [0.25, 0.3) is 0 Å². The molecule has 0 unspecified atom stereocenters. The van der Waals surface area contributed by atoms with Crippen LogP contribution in [-0.2, 0) is 13.6 Å². The lowest BCUT2D eigenvalue weighted by Crippen LogP contribution is -2.19. The zero-order chi connectivity index (χ0) is 13.7. The van der Waals surface area contributed by atoms with Gasteiger partial charge >= 0.3 is 6.01 Å². The highest BCUT2D eigenvalue weighted by Gasteiger charge is 2.07. The standard InChI is InChI=1S/C13H19N5O/c1-10(2)6-15-8-11-7-14-5-4-12(11)19-13-16-9-18(3)17-13/h4-5,7,9-10,15H,6,8H2,1-3H3. The minimum absolute atomic E-state index is 0.346. The molecule has 6 nitrogen and oxygen atoms in total. The molecule has 1 N–H and O–H groups in total. The maximum Gasteiger partial charge on any atom is 0.340 e. The number of hydrogen-bond donors (Lipinski definition) is 1. The Hall–Kier alpha value is -1.95. The summed E-state index contributed by atoms with van der Waals surface area (Å²) in [6.07, 6.45) is 5.10. The van der Waals surface area contributed by atoms with Crippen LogP contribution in [0.5, 0.6) is 11.8 Å². The number of hydrogen-bond acceptors (Lipinski definition) is 5. The molecule has 0 bridgehead atoms. The van der Waals surface area contributed by atoms with Gasteiger partial charge in [0.05, 0.1) is 0 Å². The van der Waals surface area contributed by atoms with E-state index in [-0.39, 0.29) is 0 Å². The highest BCUT2D eigenvalue weighted by molar-refractivity contribution is 5.31. The van der Waals surface area contributed by atoms with Crippen molar-refractivity contribution in [3.63, 3.8) is 0 Å². The van der Waals surface area contributed by atoms with E-state index >= 15 is 0 Å². The van der Waals surface area contributed by atoms with E-state index in [2.05, 4.69) is 34.2 Å². The predicted molar refractivity (Wildman–Crippen MR) is 71.9 cm³/mol. The molecule has 2 rings (SSSR count). The third-order valence-corrected chi connectivity index (χ3v) is 2.51. The predicted octanol–water partition coefficient (Wildman–Crippen LogP) is 1.75. The lowest BCUT2D eigenvalue weighted by molar-refractivity contribution is 0.429. The third kappa shape index (κ3) is 4.03. The summed E-state index contributed by atoms with van der Waals surface area (Å²) in [5.74, 6) is 1.34. The summed E-state index contributed by atoms with van der Waals surface area (Å²) in [5.41, 5.74) is 0.996. The van der Waals surface area contributed by atoms with Gasteiger partial charge in [-0.1, -0.05) is 13.8 Å². The number of aryl methyl sites for hydroxylation is 1. The molecule has 0 amide bonds. The number of rotatable bonds is 6. The molecule has 19 heavy (non-hydrogen) atoms. The summed E-state index contributed by atoms with van der Waals surface area (Å²) >= 11 is 0. The Balaban J connectivity index is 2.03. The van der Waals surface area contributed by atoms with Crippen molar-refractivity contribution < 1.29 is 4.74 Å². The van der Waals surface area contributed by atoms with Crippen LogP contribution in [-0.4, -0.2) is 26.3 Å². The van der Waals surface area contributed by atoms with Crippen LogP contribution in [0.2, 0.25) is 0 Å². The van der Waals surface area contributed by atoms with Gasteiger partial charge in [-0.2, -0.15) is 4.98 Å². The van der Waals surface area contributed by atoms with Crippen molar-refractivity contribution in [3.8, 4) is 11.8 Å². The lowest BCUT2D eigenvalue weighted by atomic mass is 10.2. The molecule has 0 aliphatic heterocycles. The summed E-state index contributed by atoms with van der Waals surface area (Å²) in [6, 6.07) is 2.17. The Morgan fingerprint density at radius 1 is 1.42 bits per heavy atom. The van der Waals surface area contributed by atoms with Crippen LogP contribution in [0.15, 0.2) is 24.8 Å². The molecule has 102 valence electrons. The smallest absolute Gasteiger partial charge is 0.340 e. The van der Waals surface area contributed by atoms with E-state index < -0.39 is 0 Å². The highest BCUT2D eigenvalue weighted by atomic mass is 16.5. The Kier molecular flexibility index (Phi) is 4.46. The largest absolute Gasteiger partial charge is 0.423 e. The van der Waals surface area contributed by atoms with E-state index in [0.29, 0.717) is 18.5 Å². The molecule has 0 fully saturated rings. The lowest BCUT2D eigenvalue weighted by Gasteiger charge is -2.10. The van der Waals surface area contributed by atoms with Gasteiger partial charge < -0.3 is 10.1 Å². The van der Waals surface area contributed by atoms with Gasteiger partial charge in [0.1, 0.15) is 12.1 Å². The fourth-order valence-electron chi connectivity index (χ4n) is 1.61. The first-order chi connectivity index (χ1) is 9.15. The van der Waals surface area contributed by atoms with Crippen molar-refractivity contribution in [1.82, 2.24) is 25.1 Å². The number of nitrogens with one attached hydrogen (secondary N) is 1. The first-order valence-corrected chi connectivity index (χ1v) is 6.32. The van der Waals surface area contributed by atoms with Crippen LogP contribution in [0.4, 0.5) is 0 Å². The van der Waals surface area contributed by atoms with E-state index in [1.807, 2.05) is 6.07 Å². The van der Waals surface area contributed by atoms with Crippen LogP contribution in [0, 0.1) is 5.92 Å². The zero-order valence-corrected chi connectivity index (χ0v) is 11.5. The summed E-state index contributed by atoms with van der Waals surface area (Å²) in [5, 5.41) is 7.46. The number of pyridine rings is 1. The van der Waals surface area contributed by atoms with Crippen LogP contribution >= 0.6 is 0 Å². The summed E-state index contributed by atoms with van der Waals surface area (Å²) < 4.78 is 7.27. The van der Waals surface area contributed by atoms with Gasteiger partial charge in [-0.05, 0) is 18.5 Å². The van der Waals surface area contributed by atoms with Crippen molar-refractivity contribution in [2.24, 2.45) is 13.0 Å². The number of nitrogens with zero attached hydrogens (tertiary/aromatic N) is 4. The van der Waals surface area contributed by atoms with E-state index in [9.17, 15) is 0 Å². The number of ether oxygens (including phenoxy) is 1. The van der Waals surface area contributed by atoms with Gasteiger partial charge in [0, 0.05) is 31.5 Å². The minimum atomic E-state index is 0.346. The molecule has 6 heteroatoms. The summed E-state index contributed by atoms with van der Waals surface area (Å²) in [6.45, 7) is 6.02. The summed E-state index contributed by atoms with van der Waals surface area (Å²) in [4.78, 5) is 8.17. The Morgan fingerprint density at radius 2 is 2.26 bits per heavy atom. The molecular weight excluding hydrogens is 242 g/mol. The fraction of sp³-hybridized carbons (Fsp3) is 0.462. The molecule has 0 saturated carbocycles. The first kappa shape index (κ1) is 13.5.